The van der Waals surface area contributed by atoms with E-state index in [1.54, 1.807) is 16.3 Å². The number of rotatable bonds is 3. The summed E-state index contributed by atoms with van der Waals surface area (Å²) in [6.07, 6.45) is 2.01. The Bertz CT molecular complexity index is 621. The number of benzene rings is 1. The molecule has 0 radical (unpaired) electrons. The van der Waals surface area contributed by atoms with Crippen LogP contribution in [0.3, 0.4) is 0 Å². The number of thioether (sulfide) groups is 1. The van der Waals surface area contributed by atoms with E-state index in [1.165, 1.54) is 18.4 Å². The topological polar surface area (TPSA) is 55.1 Å². The highest BCUT2D eigenvalue weighted by Gasteiger charge is 2.09. The van der Waals surface area contributed by atoms with Crippen molar-refractivity contribution >= 4 is 56.3 Å². The van der Waals surface area contributed by atoms with E-state index in [4.69, 9.17) is 5.41 Å². The summed E-state index contributed by atoms with van der Waals surface area (Å²) in [6, 6.07) is 5.97. The molecule has 7 heteroatoms. The number of carbonyl (C=O) groups excluding carboxylic acids is 1. The highest BCUT2D eigenvalue weighted by Crippen LogP contribution is 2.23. The van der Waals surface area contributed by atoms with Crippen molar-refractivity contribution in [2.45, 2.75) is 11.4 Å². The van der Waals surface area contributed by atoms with Crippen LogP contribution in [-0.4, -0.2) is 23.9 Å². The highest BCUT2D eigenvalue weighted by atomic mass is 79.9. The summed E-state index contributed by atoms with van der Waals surface area (Å²) in [5.41, 5.74) is 0.906. The van der Waals surface area contributed by atoms with Crippen LogP contribution in [0.5, 0.6) is 0 Å². The molecule has 0 saturated heterocycles. The number of thiazole rings is 1. The zero-order valence-electron chi connectivity index (χ0n) is 9.93. The van der Waals surface area contributed by atoms with Crippen molar-refractivity contribution in [2.24, 2.45) is 0 Å². The van der Waals surface area contributed by atoms with E-state index in [0.717, 1.165) is 15.1 Å². The standard InChI is InChI=1S/C11H12N2O2S2.BrH/c1-15-10(14)6-13-8-4-3-7(16-2)5-9(8)17-11(13)12;/h3-5,12H,6H2,1-2H3;1H. The molecular weight excluding hydrogens is 336 g/mol. The normalized spacial score (nSPS) is 10.1. The Labute approximate surface area is 123 Å². The lowest BCUT2D eigenvalue weighted by Crippen LogP contribution is -2.20. The van der Waals surface area contributed by atoms with Gasteiger partial charge in [0.1, 0.15) is 6.54 Å². The summed E-state index contributed by atoms with van der Waals surface area (Å²) in [5.74, 6) is -0.336. The van der Waals surface area contributed by atoms with E-state index in [1.807, 2.05) is 24.5 Å². The third kappa shape index (κ3) is 2.96. The zero-order chi connectivity index (χ0) is 12.4. The van der Waals surface area contributed by atoms with Crippen molar-refractivity contribution < 1.29 is 9.53 Å². The molecule has 0 aliphatic heterocycles. The van der Waals surface area contributed by atoms with Crippen molar-refractivity contribution in [3.63, 3.8) is 0 Å². The van der Waals surface area contributed by atoms with Crippen LogP contribution in [0.15, 0.2) is 23.1 Å². The highest BCUT2D eigenvalue weighted by molar-refractivity contribution is 8.93. The number of methoxy groups -OCH3 is 1. The minimum Gasteiger partial charge on any atom is -0.468 e. The second-order valence-corrected chi connectivity index (χ2v) is 5.31. The first-order valence-electron chi connectivity index (χ1n) is 4.94. The van der Waals surface area contributed by atoms with Crippen LogP contribution in [-0.2, 0) is 16.1 Å². The molecule has 0 unspecified atom stereocenters. The van der Waals surface area contributed by atoms with Crippen LogP contribution >= 0.6 is 40.1 Å². The Hall–Kier alpha value is -0.790. The van der Waals surface area contributed by atoms with E-state index in [-0.39, 0.29) is 29.5 Å². The monoisotopic (exact) mass is 348 g/mol. The summed E-state index contributed by atoms with van der Waals surface area (Å²) < 4.78 is 7.31. The fourth-order valence-electron chi connectivity index (χ4n) is 1.55. The number of esters is 1. The van der Waals surface area contributed by atoms with E-state index in [0.29, 0.717) is 4.80 Å². The van der Waals surface area contributed by atoms with Gasteiger partial charge in [0.2, 0.25) is 0 Å². The summed E-state index contributed by atoms with van der Waals surface area (Å²) in [6.45, 7) is 0.0912. The fraction of sp³-hybridized carbons (Fsp3) is 0.273. The van der Waals surface area contributed by atoms with Gasteiger partial charge in [-0.25, -0.2) is 0 Å². The molecule has 0 spiro atoms. The maximum atomic E-state index is 11.3. The lowest BCUT2D eigenvalue weighted by atomic mass is 10.3. The van der Waals surface area contributed by atoms with Crippen LogP contribution in [0.1, 0.15) is 0 Å². The Morgan fingerprint density at radius 1 is 1.56 bits per heavy atom. The largest absolute Gasteiger partial charge is 0.468 e. The molecule has 0 amide bonds. The van der Waals surface area contributed by atoms with Gasteiger partial charge in [0.05, 0.1) is 17.3 Å². The molecule has 0 bridgehead atoms. The van der Waals surface area contributed by atoms with Crippen LogP contribution in [0.4, 0.5) is 0 Å². The number of hydrogen-bond donors (Lipinski definition) is 1. The van der Waals surface area contributed by atoms with E-state index in [9.17, 15) is 4.79 Å². The molecule has 1 N–H and O–H groups in total. The average molecular weight is 349 g/mol. The molecule has 2 rings (SSSR count). The van der Waals surface area contributed by atoms with E-state index in [2.05, 4.69) is 4.74 Å². The summed E-state index contributed by atoms with van der Waals surface area (Å²) in [7, 11) is 1.35. The lowest BCUT2D eigenvalue weighted by molar-refractivity contribution is -0.141. The molecular formula is C11H13BrN2O2S2. The lowest BCUT2D eigenvalue weighted by Gasteiger charge is -2.03. The number of halogens is 1. The van der Waals surface area contributed by atoms with Gasteiger partial charge in [-0.05, 0) is 24.5 Å². The first-order valence-corrected chi connectivity index (χ1v) is 6.98. The summed E-state index contributed by atoms with van der Waals surface area (Å²) >= 11 is 3.03. The minimum atomic E-state index is -0.336. The van der Waals surface area contributed by atoms with Crippen LogP contribution in [0.25, 0.3) is 10.2 Å². The molecule has 0 aliphatic rings. The first-order chi connectivity index (χ1) is 8.15. The van der Waals surface area contributed by atoms with Gasteiger partial charge in [-0.1, -0.05) is 11.3 Å². The molecule has 1 aromatic carbocycles. The Morgan fingerprint density at radius 2 is 2.28 bits per heavy atom. The van der Waals surface area contributed by atoms with Gasteiger partial charge in [-0.15, -0.1) is 28.7 Å². The molecule has 18 heavy (non-hydrogen) atoms. The number of hydrogen-bond acceptors (Lipinski definition) is 5. The Kier molecular flexibility index (Phi) is 5.43. The molecule has 1 aromatic heterocycles. The maximum Gasteiger partial charge on any atom is 0.325 e. The quantitative estimate of drug-likeness (QED) is 0.685. The van der Waals surface area contributed by atoms with Gasteiger partial charge in [-0.2, -0.15) is 0 Å². The molecule has 1 heterocycles. The smallest absolute Gasteiger partial charge is 0.325 e. The number of nitrogens with zero attached hydrogens (tertiary/aromatic N) is 1. The molecule has 2 aromatic rings. The number of fused-ring (bicyclic) bond motifs is 1. The van der Waals surface area contributed by atoms with Crippen molar-refractivity contribution in [2.75, 3.05) is 13.4 Å². The number of ether oxygens (including phenoxy) is 1. The number of aromatic nitrogens is 1. The van der Waals surface area contributed by atoms with Crippen LogP contribution in [0.2, 0.25) is 0 Å². The van der Waals surface area contributed by atoms with E-state index < -0.39 is 0 Å². The molecule has 0 aliphatic carbocycles. The van der Waals surface area contributed by atoms with Gasteiger partial charge in [0.25, 0.3) is 0 Å². The second-order valence-electron chi connectivity index (χ2n) is 3.40. The molecule has 98 valence electrons. The van der Waals surface area contributed by atoms with Crippen molar-refractivity contribution in [1.29, 1.82) is 5.41 Å². The van der Waals surface area contributed by atoms with Crippen molar-refractivity contribution in [1.82, 2.24) is 4.57 Å². The second kappa shape index (κ2) is 6.40. The van der Waals surface area contributed by atoms with Gasteiger partial charge in [0.15, 0.2) is 4.80 Å². The third-order valence-electron chi connectivity index (χ3n) is 2.42. The number of carbonyl (C=O) groups is 1. The fourth-order valence-corrected chi connectivity index (χ4v) is 3.01. The van der Waals surface area contributed by atoms with Crippen molar-refractivity contribution in [3.05, 3.63) is 23.0 Å². The summed E-state index contributed by atoms with van der Waals surface area (Å²) in [4.78, 5) is 12.8. The van der Waals surface area contributed by atoms with E-state index >= 15 is 0 Å². The van der Waals surface area contributed by atoms with Gasteiger partial charge < -0.3 is 9.30 Å². The maximum absolute atomic E-state index is 11.3. The predicted octanol–water partition coefficient (Wildman–Crippen LogP) is 2.66. The molecule has 4 nitrogen and oxygen atoms in total. The van der Waals surface area contributed by atoms with Crippen LogP contribution in [0, 0.1) is 5.41 Å². The van der Waals surface area contributed by atoms with Crippen LogP contribution < -0.4 is 4.80 Å². The Morgan fingerprint density at radius 3 is 2.89 bits per heavy atom. The predicted molar refractivity (Wildman–Crippen MR) is 79.8 cm³/mol. The minimum absolute atomic E-state index is 0. The third-order valence-corrected chi connectivity index (χ3v) is 4.11. The van der Waals surface area contributed by atoms with Crippen molar-refractivity contribution in [3.8, 4) is 0 Å². The van der Waals surface area contributed by atoms with Gasteiger partial charge in [0, 0.05) is 4.90 Å². The molecule has 0 atom stereocenters. The molecule has 0 fully saturated rings. The SMILES string of the molecule is Br.COC(=O)Cn1c(=N)sc2cc(SC)ccc21. The Balaban J connectivity index is 0.00000162. The average Bonchev–Trinajstić information content (AvgIpc) is 2.64. The summed E-state index contributed by atoms with van der Waals surface area (Å²) in [5, 5.41) is 7.86. The number of nitrogens with one attached hydrogen (secondary N) is 1. The van der Waals surface area contributed by atoms with Gasteiger partial charge in [-0.3, -0.25) is 10.2 Å². The molecule has 0 saturated carbocycles. The zero-order valence-corrected chi connectivity index (χ0v) is 13.3. The van der Waals surface area contributed by atoms with Gasteiger partial charge >= 0.3 is 5.97 Å². The first kappa shape index (κ1) is 15.3.